The van der Waals surface area contributed by atoms with Crippen molar-refractivity contribution in [2.45, 2.75) is 0 Å². The van der Waals surface area contributed by atoms with Gasteiger partial charge in [-0.05, 0) is 18.2 Å². The van der Waals surface area contributed by atoms with Gasteiger partial charge in [0.05, 0.1) is 21.9 Å². The van der Waals surface area contributed by atoms with E-state index in [2.05, 4.69) is 15.1 Å². The van der Waals surface area contributed by atoms with Crippen LogP contribution in [-0.4, -0.2) is 19.7 Å². The Labute approximate surface area is 130 Å². The summed E-state index contributed by atoms with van der Waals surface area (Å²) in [5, 5.41) is 4.93. The highest BCUT2D eigenvalue weighted by molar-refractivity contribution is 6.42. The van der Waals surface area contributed by atoms with Gasteiger partial charge in [-0.25, -0.2) is 4.98 Å². The number of H-pyrrole nitrogens is 1. The predicted octanol–water partition coefficient (Wildman–Crippen LogP) is 3.14. The fraction of sp³-hybridized carbons (Fsp3) is 0.0714. The Morgan fingerprint density at radius 2 is 1.95 bits per heavy atom. The lowest BCUT2D eigenvalue weighted by atomic mass is 10.2. The number of halogens is 2. The fourth-order valence-electron chi connectivity index (χ4n) is 1.94. The van der Waals surface area contributed by atoms with Crippen LogP contribution in [0.5, 0.6) is 0 Å². The molecule has 2 heterocycles. The van der Waals surface area contributed by atoms with Crippen LogP contribution < -0.4 is 5.56 Å². The lowest BCUT2D eigenvalue weighted by Gasteiger charge is -2.04. The quantitative estimate of drug-likeness (QED) is 0.789. The highest BCUT2D eigenvalue weighted by atomic mass is 35.5. The SMILES string of the molecule is Cn1cc(-c2cc(=O)[nH]c(-c3ccc(Cl)c(Cl)c3)n2)cn1. The van der Waals surface area contributed by atoms with E-state index in [0.29, 0.717) is 27.1 Å². The molecule has 0 radical (unpaired) electrons. The molecule has 0 unspecified atom stereocenters. The smallest absolute Gasteiger partial charge is 0.251 e. The third kappa shape index (κ3) is 2.84. The van der Waals surface area contributed by atoms with Gasteiger partial charge in [0.25, 0.3) is 5.56 Å². The second-order valence-corrected chi connectivity index (χ2v) is 5.33. The molecule has 0 spiro atoms. The van der Waals surface area contributed by atoms with Gasteiger partial charge in [-0.3, -0.25) is 9.48 Å². The molecule has 0 fully saturated rings. The first-order chi connectivity index (χ1) is 10.0. The van der Waals surface area contributed by atoms with E-state index in [9.17, 15) is 4.79 Å². The largest absolute Gasteiger partial charge is 0.306 e. The Balaban J connectivity index is 2.13. The van der Waals surface area contributed by atoms with E-state index in [-0.39, 0.29) is 5.56 Å². The molecule has 0 bridgehead atoms. The molecule has 0 saturated carbocycles. The molecule has 7 heteroatoms. The van der Waals surface area contributed by atoms with Crippen LogP contribution in [0.25, 0.3) is 22.6 Å². The first-order valence-electron chi connectivity index (χ1n) is 6.09. The molecule has 106 valence electrons. The number of aromatic nitrogens is 4. The fourth-order valence-corrected chi connectivity index (χ4v) is 2.24. The van der Waals surface area contributed by atoms with Crippen molar-refractivity contribution in [3.63, 3.8) is 0 Å². The van der Waals surface area contributed by atoms with Crippen LogP contribution in [-0.2, 0) is 7.05 Å². The van der Waals surface area contributed by atoms with Gasteiger partial charge < -0.3 is 4.98 Å². The average Bonchev–Trinajstić information content (AvgIpc) is 2.88. The van der Waals surface area contributed by atoms with E-state index >= 15 is 0 Å². The van der Waals surface area contributed by atoms with Gasteiger partial charge in [0.2, 0.25) is 0 Å². The number of benzene rings is 1. The van der Waals surface area contributed by atoms with Crippen molar-refractivity contribution in [1.29, 1.82) is 0 Å². The van der Waals surface area contributed by atoms with E-state index in [0.717, 1.165) is 5.56 Å². The normalized spacial score (nSPS) is 10.8. The number of aryl methyl sites for hydroxylation is 1. The Morgan fingerprint density at radius 3 is 2.62 bits per heavy atom. The number of nitrogens with one attached hydrogen (secondary N) is 1. The minimum Gasteiger partial charge on any atom is -0.306 e. The highest BCUT2D eigenvalue weighted by Crippen LogP contribution is 2.27. The van der Waals surface area contributed by atoms with Crippen molar-refractivity contribution < 1.29 is 0 Å². The molecule has 0 aliphatic rings. The summed E-state index contributed by atoms with van der Waals surface area (Å²) >= 11 is 11.9. The maximum atomic E-state index is 11.8. The van der Waals surface area contributed by atoms with Crippen molar-refractivity contribution in [3.05, 3.63) is 57.1 Å². The Bertz CT molecular complexity index is 869. The van der Waals surface area contributed by atoms with Crippen LogP contribution in [0.3, 0.4) is 0 Å². The zero-order valence-electron chi connectivity index (χ0n) is 11.0. The first-order valence-corrected chi connectivity index (χ1v) is 6.84. The summed E-state index contributed by atoms with van der Waals surface area (Å²) in [6, 6.07) is 6.50. The van der Waals surface area contributed by atoms with E-state index in [1.54, 1.807) is 42.3 Å². The molecule has 0 saturated heterocycles. The predicted molar refractivity (Wildman–Crippen MR) is 82.5 cm³/mol. The molecule has 0 amide bonds. The zero-order chi connectivity index (χ0) is 15.0. The number of rotatable bonds is 2. The lowest BCUT2D eigenvalue weighted by molar-refractivity contribution is 0.768. The number of aromatic amines is 1. The van der Waals surface area contributed by atoms with Crippen LogP contribution in [0.1, 0.15) is 0 Å². The summed E-state index contributed by atoms with van der Waals surface area (Å²) in [7, 11) is 1.80. The van der Waals surface area contributed by atoms with Crippen molar-refractivity contribution in [1.82, 2.24) is 19.7 Å². The summed E-state index contributed by atoms with van der Waals surface area (Å²) in [5.74, 6) is 0.430. The molecule has 0 aliphatic carbocycles. The van der Waals surface area contributed by atoms with E-state index in [1.165, 1.54) is 6.07 Å². The van der Waals surface area contributed by atoms with E-state index in [4.69, 9.17) is 23.2 Å². The van der Waals surface area contributed by atoms with Gasteiger partial charge in [-0.15, -0.1) is 0 Å². The summed E-state index contributed by atoms with van der Waals surface area (Å²) in [5.41, 5.74) is 1.76. The van der Waals surface area contributed by atoms with Crippen molar-refractivity contribution in [2.75, 3.05) is 0 Å². The maximum Gasteiger partial charge on any atom is 0.251 e. The molecule has 0 atom stereocenters. The van der Waals surface area contributed by atoms with Crippen LogP contribution in [0.4, 0.5) is 0 Å². The maximum absolute atomic E-state index is 11.8. The molecule has 0 aliphatic heterocycles. The summed E-state index contributed by atoms with van der Waals surface area (Å²) in [4.78, 5) is 19.0. The molecule has 5 nitrogen and oxygen atoms in total. The van der Waals surface area contributed by atoms with Gasteiger partial charge >= 0.3 is 0 Å². The molecular formula is C14H10Cl2N4O. The lowest BCUT2D eigenvalue weighted by Crippen LogP contribution is -2.08. The van der Waals surface area contributed by atoms with Gasteiger partial charge in [-0.1, -0.05) is 23.2 Å². The minimum atomic E-state index is -0.245. The molecule has 3 aromatic rings. The second-order valence-electron chi connectivity index (χ2n) is 4.51. The number of hydrogen-bond donors (Lipinski definition) is 1. The molecule has 3 rings (SSSR count). The van der Waals surface area contributed by atoms with Crippen LogP contribution in [0, 0.1) is 0 Å². The third-order valence-electron chi connectivity index (χ3n) is 2.94. The number of nitrogens with zero attached hydrogens (tertiary/aromatic N) is 3. The third-order valence-corrected chi connectivity index (χ3v) is 3.67. The molecule has 2 aromatic heterocycles. The van der Waals surface area contributed by atoms with E-state index < -0.39 is 0 Å². The van der Waals surface area contributed by atoms with E-state index in [1.807, 2.05) is 0 Å². The van der Waals surface area contributed by atoms with Crippen molar-refractivity contribution >= 4 is 23.2 Å². The summed E-state index contributed by atoms with van der Waals surface area (Å²) < 4.78 is 1.65. The Kier molecular flexibility index (Phi) is 3.53. The monoisotopic (exact) mass is 320 g/mol. The van der Waals surface area contributed by atoms with Gasteiger partial charge in [0.1, 0.15) is 5.82 Å². The summed E-state index contributed by atoms with van der Waals surface area (Å²) in [6.45, 7) is 0. The second kappa shape index (κ2) is 5.35. The topological polar surface area (TPSA) is 63.6 Å². The number of hydrogen-bond acceptors (Lipinski definition) is 3. The van der Waals surface area contributed by atoms with Crippen LogP contribution in [0.2, 0.25) is 10.0 Å². The zero-order valence-corrected chi connectivity index (χ0v) is 12.5. The minimum absolute atomic E-state index is 0.245. The van der Waals surface area contributed by atoms with Crippen LogP contribution >= 0.6 is 23.2 Å². The van der Waals surface area contributed by atoms with Crippen molar-refractivity contribution in [3.8, 4) is 22.6 Å². The molecular weight excluding hydrogens is 311 g/mol. The highest BCUT2D eigenvalue weighted by Gasteiger charge is 2.09. The van der Waals surface area contributed by atoms with Crippen LogP contribution in [0.15, 0.2) is 41.5 Å². The Morgan fingerprint density at radius 1 is 1.14 bits per heavy atom. The molecule has 1 N–H and O–H groups in total. The first kappa shape index (κ1) is 13.9. The molecule has 1 aromatic carbocycles. The Hall–Kier alpha value is -2.11. The average molecular weight is 321 g/mol. The molecule has 21 heavy (non-hydrogen) atoms. The standard InChI is InChI=1S/C14H10Cl2N4O/c1-20-7-9(6-17-20)12-5-13(21)19-14(18-12)8-2-3-10(15)11(16)4-8/h2-7H,1H3,(H,18,19,21). The van der Waals surface area contributed by atoms with Gasteiger partial charge in [0.15, 0.2) is 0 Å². The van der Waals surface area contributed by atoms with Gasteiger partial charge in [0, 0.05) is 30.4 Å². The summed E-state index contributed by atoms with van der Waals surface area (Å²) in [6.07, 6.45) is 3.45. The van der Waals surface area contributed by atoms with Gasteiger partial charge in [-0.2, -0.15) is 5.10 Å². The van der Waals surface area contributed by atoms with Crippen molar-refractivity contribution in [2.24, 2.45) is 7.05 Å².